The zero-order valence-electron chi connectivity index (χ0n) is 14.0. The van der Waals surface area contributed by atoms with E-state index in [2.05, 4.69) is 10.6 Å². The molecule has 0 heterocycles. The van der Waals surface area contributed by atoms with Gasteiger partial charge in [0.15, 0.2) is 0 Å². The van der Waals surface area contributed by atoms with Crippen molar-refractivity contribution in [3.05, 3.63) is 0 Å². The van der Waals surface area contributed by atoms with Crippen LogP contribution in [0.25, 0.3) is 0 Å². The molecule has 21 heavy (non-hydrogen) atoms. The summed E-state index contributed by atoms with van der Waals surface area (Å²) in [6.07, 6.45) is 2.68. The lowest BCUT2D eigenvalue weighted by molar-refractivity contribution is 0.0527. The zero-order valence-corrected chi connectivity index (χ0v) is 14.0. The number of unbranched alkanes of at least 4 members (excludes halogenated alkanes) is 1. The van der Waals surface area contributed by atoms with Crippen molar-refractivity contribution in [1.82, 2.24) is 10.6 Å². The van der Waals surface area contributed by atoms with E-state index in [9.17, 15) is 4.79 Å². The SMILES string of the molecule is COCCOCCCCNCCCNC(=O)OC(C)(C)C. The molecule has 0 atom stereocenters. The first-order valence-corrected chi connectivity index (χ1v) is 7.70. The maximum atomic E-state index is 11.4. The van der Waals surface area contributed by atoms with Gasteiger partial charge in [0.25, 0.3) is 0 Å². The van der Waals surface area contributed by atoms with E-state index >= 15 is 0 Å². The number of nitrogens with one attached hydrogen (secondary N) is 2. The third-order valence-corrected chi connectivity index (χ3v) is 2.52. The fraction of sp³-hybridized carbons (Fsp3) is 0.933. The minimum absolute atomic E-state index is 0.351. The van der Waals surface area contributed by atoms with E-state index < -0.39 is 5.60 Å². The van der Waals surface area contributed by atoms with Crippen LogP contribution in [0.5, 0.6) is 0 Å². The standard InChI is InChI=1S/C15H32N2O4/c1-15(2,3)21-14(18)17-10-7-9-16-8-5-6-11-20-13-12-19-4/h16H,5-13H2,1-4H3,(H,17,18). The van der Waals surface area contributed by atoms with E-state index in [-0.39, 0.29) is 6.09 Å². The summed E-state index contributed by atoms with van der Waals surface area (Å²) in [6.45, 7) is 10.2. The molecule has 1 amide bonds. The molecule has 0 radical (unpaired) electrons. The highest BCUT2D eigenvalue weighted by molar-refractivity contribution is 5.67. The second kappa shape index (κ2) is 12.9. The summed E-state index contributed by atoms with van der Waals surface area (Å²) in [7, 11) is 1.67. The minimum Gasteiger partial charge on any atom is -0.444 e. The lowest BCUT2D eigenvalue weighted by Crippen LogP contribution is -2.34. The van der Waals surface area contributed by atoms with Gasteiger partial charge in [0, 0.05) is 20.3 Å². The van der Waals surface area contributed by atoms with Gasteiger partial charge in [-0.3, -0.25) is 0 Å². The van der Waals surface area contributed by atoms with E-state index in [1.54, 1.807) is 7.11 Å². The quantitative estimate of drug-likeness (QED) is 0.539. The van der Waals surface area contributed by atoms with Crippen LogP contribution in [0.15, 0.2) is 0 Å². The fourth-order valence-corrected chi connectivity index (χ4v) is 1.54. The molecule has 0 saturated carbocycles. The van der Waals surface area contributed by atoms with E-state index in [1.165, 1.54) is 0 Å². The van der Waals surface area contributed by atoms with Crippen LogP contribution < -0.4 is 10.6 Å². The summed E-state index contributed by atoms with van der Waals surface area (Å²) in [5, 5.41) is 6.07. The number of hydrogen-bond acceptors (Lipinski definition) is 5. The summed E-state index contributed by atoms with van der Waals surface area (Å²) in [6, 6.07) is 0. The van der Waals surface area contributed by atoms with Crippen LogP contribution in [0.3, 0.4) is 0 Å². The summed E-state index contributed by atoms with van der Waals surface area (Å²) in [4.78, 5) is 11.4. The highest BCUT2D eigenvalue weighted by atomic mass is 16.6. The summed E-state index contributed by atoms with van der Waals surface area (Å²) in [5.41, 5.74) is -0.437. The van der Waals surface area contributed by atoms with Crippen molar-refractivity contribution < 1.29 is 19.0 Å². The maximum absolute atomic E-state index is 11.4. The third-order valence-electron chi connectivity index (χ3n) is 2.52. The minimum atomic E-state index is -0.437. The van der Waals surface area contributed by atoms with Gasteiger partial charge in [-0.15, -0.1) is 0 Å². The topological polar surface area (TPSA) is 68.8 Å². The Balaban J connectivity index is 3.17. The van der Waals surface area contributed by atoms with Gasteiger partial charge in [-0.2, -0.15) is 0 Å². The van der Waals surface area contributed by atoms with Gasteiger partial charge < -0.3 is 24.8 Å². The monoisotopic (exact) mass is 304 g/mol. The Hall–Kier alpha value is -0.850. The van der Waals surface area contributed by atoms with Crippen LogP contribution in [0.2, 0.25) is 0 Å². The van der Waals surface area contributed by atoms with Crippen LogP contribution in [-0.4, -0.2) is 58.3 Å². The smallest absolute Gasteiger partial charge is 0.407 e. The molecule has 6 heteroatoms. The molecule has 0 aromatic carbocycles. The average molecular weight is 304 g/mol. The van der Waals surface area contributed by atoms with Gasteiger partial charge in [-0.05, 0) is 53.1 Å². The molecule has 0 rings (SSSR count). The molecule has 126 valence electrons. The molecular weight excluding hydrogens is 272 g/mol. The van der Waals surface area contributed by atoms with Crippen molar-refractivity contribution in [1.29, 1.82) is 0 Å². The van der Waals surface area contributed by atoms with E-state index in [1.807, 2.05) is 20.8 Å². The average Bonchev–Trinajstić information content (AvgIpc) is 2.38. The van der Waals surface area contributed by atoms with Crippen molar-refractivity contribution >= 4 is 6.09 Å². The van der Waals surface area contributed by atoms with Gasteiger partial charge in [0.1, 0.15) is 5.60 Å². The van der Waals surface area contributed by atoms with Crippen LogP contribution >= 0.6 is 0 Å². The van der Waals surface area contributed by atoms with Crippen LogP contribution in [0, 0.1) is 0 Å². The van der Waals surface area contributed by atoms with E-state index in [4.69, 9.17) is 14.2 Å². The third kappa shape index (κ3) is 17.1. The van der Waals surface area contributed by atoms with Crippen molar-refractivity contribution in [2.75, 3.05) is 46.6 Å². The highest BCUT2D eigenvalue weighted by Crippen LogP contribution is 2.06. The largest absolute Gasteiger partial charge is 0.444 e. The number of hydrogen-bond donors (Lipinski definition) is 2. The normalized spacial score (nSPS) is 11.4. The zero-order chi connectivity index (χ0) is 16.0. The number of ether oxygens (including phenoxy) is 3. The molecule has 0 unspecified atom stereocenters. The van der Waals surface area contributed by atoms with Crippen molar-refractivity contribution in [3.8, 4) is 0 Å². The Bertz CT molecular complexity index is 255. The molecule has 0 spiro atoms. The molecule has 6 nitrogen and oxygen atoms in total. The molecule has 0 aromatic heterocycles. The second-order valence-corrected chi connectivity index (χ2v) is 5.84. The summed E-state index contributed by atoms with van der Waals surface area (Å²) < 4.78 is 15.4. The number of carbonyl (C=O) groups is 1. The maximum Gasteiger partial charge on any atom is 0.407 e. The summed E-state index contributed by atoms with van der Waals surface area (Å²) >= 11 is 0. The molecule has 0 saturated heterocycles. The molecular formula is C15H32N2O4. The lowest BCUT2D eigenvalue weighted by Gasteiger charge is -2.19. The molecule has 2 N–H and O–H groups in total. The fourth-order valence-electron chi connectivity index (χ4n) is 1.54. The Morgan fingerprint density at radius 1 is 0.952 bits per heavy atom. The number of rotatable bonds is 12. The molecule has 0 aliphatic rings. The molecule has 0 aliphatic carbocycles. The van der Waals surface area contributed by atoms with E-state index in [0.29, 0.717) is 19.8 Å². The second-order valence-electron chi connectivity index (χ2n) is 5.84. The molecule has 0 fully saturated rings. The molecule has 0 aliphatic heterocycles. The molecule has 0 bridgehead atoms. The Morgan fingerprint density at radius 2 is 1.67 bits per heavy atom. The van der Waals surface area contributed by atoms with Crippen molar-refractivity contribution in [3.63, 3.8) is 0 Å². The Labute approximate surface area is 128 Å². The van der Waals surface area contributed by atoms with Crippen LogP contribution in [-0.2, 0) is 14.2 Å². The van der Waals surface area contributed by atoms with Gasteiger partial charge in [-0.25, -0.2) is 4.79 Å². The number of carbonyl (C=O) groups excluding carboxylic acids is 1. The Kier molecular flexibility index (Phi) is 12.3. The van der Waals surface area contributed by atoms with Crippen LogP contribution in [0.1, 0.15) is 40.0 Å². The first-order valence-electron chi connectivity index (χ1n) is 7.70. The first-order chi connectivity index (χ1) is 9.95. The summed E-state index contributed by atoms with van der Waals surface area (Å²) in [5.74, 6) is 0. The predicted octanol–water partition coefficient (Wildman–Crippen LogP) is 1.93. The lowest BCUT2D eigenvalue weighted by atomic mass is 10.2. The van der Waals surface area contributed by atoms with Crippen molar-refractivity contribution in [2.45, 2.75) is 45.6 Å². The predicted molar refractivity (Wildman–Crippen MR) is 83.7 cm³/mol. The number of methoxy groups -OCH3 is 1. The number of alkyl carbamates (subject to hydrolysis) is 1. The van der Waals surface area contributed by atoms with Gasteiger partial charge in [0.2, 0.25) is 0 Å². The number of amides is 1. The van der Waals surface area contributed by atoms with Crippen molar-refractivity contribution in [2.24, 2.45) is 0 Å². The van der Waals surface area contributed by atoms with E-state index in [0.717, 1.165) is 39.0 Å². The first kappa shape index (κ1) is 20.1. The Morgan fingerprint density at radius 3 is 2.33 bits per heavy atom. The molecule has 0 aromatic rings. The van der Waals surface area contributed by atoms with Gasteiger partial charge in [0.05, 0.1) is 13.2 Å². The van der Waals surface area contributed by atoms with Gasteiger partial charge in [-0.1, -0.05) is 0 Å². The van der Waals surface area contributed by atoms with Crippen LogP contribution in [0.4, 0.5) is 4.79 Å². The highest BCUT2D eigenvalue weighted by Gasteiger charge is 2.15. The van der Waals surface area contributed by atoms with Gasteiger partial charge >= 0.3 is 6.09 Å².